The summed E-state index contributed by atoms with van der Waals surface area (Å²) in [6, 6.07) is 8.82. The summed E-state index contributed by atoms with van der Waals surface area (Å²) < 4.78 is 27.8. The third-order valence-corrected chi connectivity index (χ3v) is 3.56. The Balaban J connectivity index is 2.24. The van der Waals surface area contributed by atoms with E-state index in [1.54, 1.807) is 6.07 Å². The van der Waals surface area contributed by atoms with Crippen LogP contribution in [0.5, 0.6) is 0 Å². The summed E-state index contributed by atoms with van der Waals surface area (Å²) in [4.78, 5) is 24.8. The molecule has 0 bridgehead atoms. The lowest BCUT2D eigenvalue weighted by atomic mass is 10.1. The largest absolute Gasteiger partial charge is 0.324 e. The number of hydrogen-bond donors (Lipinski definition) is 1. The molecule has 0 aliphatic heterocycles. The van der Waals surface area contributed by atoms with Gasteiger partial charge in [0.05, 0.1) is 0 Å². The Hall–Kier alpha value is -2.76. The first-order valence-corrected chi connectivity index (χ1v) is 7.39. The molecule has 24 heavy (non-hydrogen) atoms. The van der Waals surface area contributed by atoms with Gasteiger partial charge in [0.2, 0.25) is 11.8 Å². The Labute approximate surface area is 139 Å². The zero-order valence-electron chi connectivity index (χ0n) is 13.7. The van der Waals surface area contributed by atoms with Crippen molar-refractivity contribution in [2.45, 2.75) is 20.8 Å². The van der Waals surface area contributed by atoms with E-state index in [0.29, 0.717) is 5.69 Å². The quantitative estimate of drug-likeness (QED) is 0.930. The van der Waals surface area contributed by atoms with Crippen LogP contribution < -0.4 is 10.2 Å². The molecule has 0 heterocycles. The highest BCUT2D eigenvalue weighted by Crippen LogP contribution is 2.23. The number of benzene rings is 2. The Morgan fingerprint density at radius 2 is 1.71 bits per heavy atom. The van der Waals surface area contributed by atoms with E-state index >= 15 is 0 Å². The second kappa shape index (κ2) is 7.21. The van der Waals surface area contributed by atoms with E-state index in [4.69, 9.17) is 0 Å². The van der Waals surface area contributed by atoms with E-state index in [0.717, 1.165) is 35.1 Å². The van der Waals surface area contributed by atoms with Crippen molar-refractivity contribution in [3.05, 3.63) is 59.2 Å². The number of halogens is 2. The highest BCUT2D eigenvalue weighted by atomic mass is 19.1. The molecule has 0 radical (unpaired) electrons. The van der Waals surface area contributed by atoms with Crippen LogP contribution in [0.1, 0.15) is 18.1 Å². The predicted octanol–water partition coefficient (Wildman–Crippen LogP) is 3.57. The SMILES string of the molecule is CC(=O)N(CC(=O)Nc1cc(C)ccc1C)c1c(F)cccc1F. The summed E-state index contributed by atoms with van der Waals surface area (Å²) in [7, 11) is 0. The molecule has 6 heteroatoms. The van der Waals surface area contributed by atoms with Crippen molar-refractivity contribution in [2.24, 2.45) is 0 Å². The number of rotatable bonds is 4. The highest BCUT2D eigenvalue weighted by molar-refractivity contribution is 6.02. The van der Waals surface area contributed by atoms with Gasteiger partial charge in [-0.05, 0) is 43.2 Å². The van der Waals surface area contributed by atoms with Crippen LogP contribution in [-0.4, -0.2) is 18.4 Å². The summed E-state index contributed by atoms with van der Waals surface area (Å²) in [5, 5.41) is 2.67. The van der Waals surface area contributed by atoms with Crippen LogP contribution in [-0.2, 0) is 9.59 Å². The molecular formula is C18H18F2N2O2. The van der Waals surface area contributed by atoms with Crippen molar-refractivity contribution in [3.63, 3.8) is 0 Å². The summed E-state index contributed by atoms with van der Waals surface area (Å²) >= 11 is 0. The van der Waals surface area contributed by atoms with Crippen LogP contribution in [0.25, 0.3) is 0 Å². The van der Waals surface area contributed by atoms with Crippen molar-refractivity contribution in [1.82, 2.24) is 0 Å². The second-order valence-electron chi connectivity index (χ2n) is 5.54. The van der Waals surface area contributed by atoms with Gasteiger partial charge in [-0.1, -0.05) is 18.2 Å². The number of para-hydroxylation sites is 1. The maximum absolute atomic E-state index is 13.9. The average Bonchev–Trinajstić information content (AvgIpc) is 2.49. The zero-order chi connectivity index (χ0) is 17.9. The number of nitrogens with zero attached hydrogens (tertiary/aromatic N) is 1. The number of aryl methyl sites for hydroxylation is 2. The van der Waals surface area contributed by atoms with Crippen LogP contribution in [0.4, 0.5) is 20.2 Å². The van der Waals surface area contributed by atoms with Gasteiger partial charge < -0.3 is 5.32 Å². The molecule has 0 aliphatic rings. The molecule has 0 saturated carbocycles. The smallest absolute Gasteiger partial charge is 0.244 e. The molecule has 126 valence electrons. The van der Waals surface area contributed by atoms with Crippen molar-refractivity contribution < 1.29 is 18.4 Å². The molecular weight excluding hydrogens is 314 g/mol. The Morgan fingerprint density at radius 1 is 1.08 bits per heavy atom. The third kappa shape index (κ3) is 3.95. The average molecular weight is 332 g/mol. The summed E-state index contributed by atoms with van der Waals surface area (Å²) in [6.07, 6.45) is 0. The molecule has 0 aromatic heterocycles. The van der Waals surface area contributed by atoms with E-state index in [2.05, 4.69) is 5.32 Å². The first kappa shape index (κ1) is 17.6. The van der Waals surface area contributed by atoms with Gasteiger partial charge in [0.15, 0.2) is 0 Å². The van der Waals surface area contributed by atoms with Crippen LogP contribution in [0.3, 0.4) is 0 Å². The molecule has 0 aliphatic carbocycles. The Bertz CT molecular complexity index is 770. The van der Waals surface area contributed by atoms with E-state index in [9.17, 15) is 18.4 Å². The van der Waals surface area contributed by atoms with Crippen molar-refractivity contribution in [3.8, 4) is 0 Å². The van der Waals surface area contributed by atoms with E-state index in [-0.39, 0.29) is 0 Å². The lowest BCUT2D eigenvalue weighted by molar-refractivity contribution is -0.120. The van der Waals surface area contributed by atoms with Gasteiger partial charge in [-0.15, -0.1) is 0 Å². The van der Waals surface area contributed by atoms with Gasteiger partial charge in [0.25, 0.3) is 0 Å². The maximum atomic E-state index is 13.9. The van der Waals surface area contributed by atoms with Crippen LogP contribution in [0, 0.1) is 25.5 Å². The van der Waals surface area contributed by atoms with Crippen molar-refractivity contribution in [2.75, 3.05) is 16.8 Å². The second-order valence-corrected chi connectivity index (χ2v) is 5.54. The molecule has 1 N–H and O–H groups in total. The molecule has 2 rings (SSSR count). The van der Waals surface area contributed by atoms with E-state index in [1.807, 2.05) is 26.0 Å². The van der Waals surface area contributed by atoms with Gasteiger partial charge in [-0.3, -0.25) is 14.5 Å². The standard InChI is InChI=1S/C18H18F2N2O2/c1-11-7-8-12(2)16(9-11)21-17(24)10-22(13(3)23)18-14(19)5-4-6-15(18)20/h4-9H,10H2,1-3H3,(H,21,24). The topological polar surface area (TPSA) is 49.4 Å². The number of carbonyl (C=O) groups excluding carboxylic acids is 2. The summed E-state index contributed by atoms with van der Waals surface area (Å²) in [6.45, 7) is 4.37. The molecule has 0 unspecified atom stereocenters. The lowest BCUT2D eigenvalue weighted by Gasteiger charge is -2.22. The maximum Gasteiger partial charge on any atom is 0.244 e. The van der Waals surface area contributed by atoms with Crippen LogP contribution >= 0.6 is 0 Å². The Morgan fingerprint density at radius 3 is 2.29 bits per heavy atom. The van der Waals surface area contributed by atoms with Crippen molar-refractivity contribution in [1.29, 1.82) is 0 Å². The first-order chi connectivity index (χ1) is 11.3. The number of hydrogen-bond acceptors (Lipinski definition) is 2. The van der Waals surface area contributed by atoms with Gasteiger partial charge in [0.1, 0.15) is 23.9 Å². The molecule has 2 aromatic carbocycles. The number of anilines is 2. The van der Waals surface area contributed by atoms with Crippen LogP contribution in [0.2, 0.25) is 0 Å². The number of nitrogens with one attached hydrogen (secondary N) is 1. The van der Waals surface area contributed by atoms with Gasteiger partial charge in [0, 0.05) is 12.6 Å². The number of amides is 2. The monoisotopic (exact) mass is 332 g/mol. The van der Waals surface area contributed by atoms with Gasteiger partial charge in [-0.25, -0.2) is 8.78 Å². The van der Waals surface area contributed by atoms with Crippen LogP contribution in [0.15, 0.2) is 36.4 Å². The molecule has 0 saturated heterocycles. The molecule has 0 fully saturated rings. The lowest BCUT2D eigenvalue weighted by Crippen LogP contribution is -2.38. The fourth-order valence-corrected chi connectivity index (χ4v) is 2.30. The Kier molecular flexibility index (Phi) is 5.28. The van der Waals surface area contributed by atoms with Gasteiger partial charge >= 0.3 is 0 Å². The molecule has 0 spiro atoms. The number of carbonyl (C=O) groups is 2. The zero-order valence-corrected chi connectivity index (χ0v) is 13.7. The van der Waals surface area contributed by atoms with Gasteiger partial charge in [-0.2, -0.15) is 0 Å². The normalized spacial score (nSPS) is 10.4. The molecule has 0 atom stereocenters. The minimum atomic E-state index is -0.898. The third-order valence-electron chi connectivity index (χ3n) is 3.56. The fourth-order valence-electron chi connectivity index (χ4n) is 2.30. The highest BCUT2D eigenvalue weighted by Gasteiger charge is 2.22. The summed E-state index contributed by atoms with van der Waals surface area (Å²) in [5.74, 6) is -2.97. The fraction of sp³-hybridized carbons (Fsp3) is 0.222. The molecule has 2 amide bonds. The molecule has 2 aromatic rings. The van der Waals surface area contributed by atoms with E-state index in [1.165, 1.54) is 6.07 Å². The van der Waals surface area contributed by atoms with E-state index < -0.39 is 35.7 Å². The first-order valence-electron chi connectivity index (χ1n) is 7.39. The minimum Gasteiger partial charge on any atom is -0.324 e. The predicted molar refractivity (Wildman–Crippen MR) is 88.9 cm³/mol. The van der Waals surface area contributed by atoms with Crippen molar-refractivity contribution >= 4 is 23.2 Å². The summed E-state index contributed by atoms with van der Waals surface area (Å²) in [5.41, 5.74) is 1.87. The minimum absolute atomic E-state index is 0.486. The molecule has 4 nitrogen and oxygen atoms in total.